The number of carboxylic acid groups (broad SMARTS) is 1. The Balaban J connectivity index is 1.58. The van der Waals surface area contributed by atoms with Crippen molar-refractivity contribution in [3.05, 3.63) is 48.2 Å². The molecule has 1 saturated heterocycles. The van der Waals surface area contributed by atoms with Gasteiger partial charge in [-0.25, -0.2) is 0 Å². The van der Waals surface area contributed by atoms with Crippen LogP contribution in [-0.4, -0.2) is 35.0 Å². The number of nitrogens with zero attached hydrogens (tertiary/aromatic N) is 1. The van der Waals surface area contributed by atoms with E-state index in [4.69, 9.17) is 9.52 Å². The Morgan fingerprint density at radius 2 is 2.00 bits per heavy atom. The van der Waals surface area contributed by atoms with E-state index in [2.05, 4.69) is 0 Å². The first-order chi connectivity index (χ1) is 11.6. The molecule has 1 atom stereocenters. The fraction of sp³-hybridized carbons (Fsp3) is 0.263. The van der Waals surface area contributed by atoms with Crippen molar-refractivity contribution in [2.24, 2.45) is 5.92 Å². The minimum absolute atomic E-state index is 0.0814. The van der Waals surface area contributed by atoms with E-state index in [1.54, 1.807) is 4.90 Å². The van der Waals surface area contributed by atoms with Crippen LogP contribution in [0.25, 0.3) is 21.7 Å². The summed E-state index contributed by atoms with van der Waals surface area (Å²) in [5, 5.41) is 12.3. The number of hydrogen-bond acceptors (Lipinski definition) is 3. The second-order valence-corrected chi connectivity index (χ2v) is 6.25. The summed E-state index contributed by atoms with van der Waals surface area (Å²) < 4.78 is 5.82. The molecule has 0 aliphatic carbocycles. The molecule has 1 amide bonds. The molecule has 1 unspecified atom stereocenters. The second kappa shape index (κ2) is 5.67. The van der Waals surface area contributed by atoms with Crippen molar-refractivity contribution in [2.45, 2.75) is 12.8 Å². The zero-order chi connectivity index (χ0) is 16.7. The SMILES string of the molecule is O=C(O)C1CCN(C(=O)Cc2cc3c(ccc4ccccc43)o2)C1. The predicted molar refractivity (Wildman–Crippen MR) is 89.7 cm³/mol. The average molecular weight is 323 g/mol. The number of amides is 1. The monoisotopic (exact) mass is 323 g/mol. The lowest BCUT2D eigenvalue weighted by Crippen LogP contribution is -2.31. The maximum atomic E-state index is 12.4. The number of likely N-dealkylation sites (tertiary alicyclic amines) is 1. The van der Waals surface area contributed by atoms with Crippen LogP contribution in [0, 0.1) is 5.92 Å². The Morgan fingerprint density at radius 3 is 2.79 bits per heavy atom. The third kappa shape index (κ3) is 2.52. The van der Waals surface area contributed by atoms with E-state index in [0.29, 0.717) is 18.7 Å². The molecule has 122 valence electrons. The van der Waals surface area contributed by atoms with Crippen LogP contribution >= 0.6 is 0 Å². The van der Waals surface area contributed by atoms with Gasteiger partial charge in [-0.05, 0) is 29.3 Å². The van der Waals surface area contributed by atoms with Crippen LogP contribution in [-0.2, 0) is 16.0 Å². The van der Waals surface area contributed by atoms with Gasteiger partial charge in [-0.2, -0.15) is 0 Å². The van der Waals surface area contributed by atoms with Gasteiger partial charge in [0, 0.05) is 18.5 Å². The number of hydrogen-bond donors (Lipinski definition) is 1. The summed E-state index contributed by atoms with van der Waals surface area (Å²) in [6.07, 6.45) is 0.682. The first-order valence-electron chi connectivity index (χ1n) is 8.02. The molecule has 4 rings (SSSR count). The maximum Gasteiger partial charge on any atom is 0.308 e. The van der Waals surface area contributed by atoms with Gasteiger partial charge in [0.2, 0.25) is 5.91 Å². The van der Waals surface area contributed by atoms with E-state index in [1.165, 1.54) is 0 Å². The number of rotatable bonds is 3. The van der Waals surface area contributed by atoms with Crippen LogP contribution in [0.15, 0.2) is 46.9 Å². The van der Waals surface area contributed by atoms with E-state index in [-0.39, 0.29) is 18.9 Å². The molecule has 0 saturated carbocycles. The highest BCUT2D eigenvalue weighted by Gasteiger charge is 2.31. The molecular formula is C19H17NO4. The number of carboxylic acids is 1. The van der Waals surface area contributed by atoms with E-state index in [0.717, 1.165) is 21.7 Å². The van der Waals surface area contributed by atoms with Crippen LogP contribution < -0.4 is 0 Å². The molecule has 1 aliphatic heterocycles. The summed E-state index contributed by atoms with van der Waals surface area (Å²) >= 11 is 0. The summed E-state index contributed by atoms with van der Waals surface area (Å²) in [6.45, 7) is 0.788. The molecule has 1 fully saturated rings. The van der Waals surface area contributed by atoms with Gasteiger partial charge < -0.3 is 14.4 Å². The smallest absolute Gasteiger partial charge is 0.308 e. The second-order valence-electron chi connectivity index (χ2n) is 6.25. The minimum Gasteiger partial charge on any atom is -0.481 e. The average Bonchev–Trinajstić information content (AvgIpc) is 3.21. The third-order valence-electron chi connectivity index (χ3n) is 4.69. The quantitative estimate of drug-likeness (QED) is 0.804. The lowest BCUT2D eigenvalue weighted by atomic mass is 10.1. The molecule has 1 N–H and O–H groups in total. The molecule has 3 aromatic rings. The van der Waals surface area contributed by atoms with Crippen molar-refractivity contribution in [3.63, 3.8) is 0 Å². The number of benzene rings is 2. The Morgan fingerprint density at radius 1 is 1.17 bits per heavy atom. The normalized spacial score (nSPS) is 17.7. The number of furan rings is 1. The van der Waals surface area contributed by atoms with E-state index in [1.807, 2.05) is 42.5 Å². The molecule has 24 heavy (non-hydrogen) atoms. The fourth-order valence-corrected chi connectivity index (χ4v) is 3.38. The van der Waals surface area contributed by atoms with E-state index < -0.39 is 11.9 Å². The van der Waals surface area contributed by atoms with Crippen LogP contribution in [0.3, 0.4) is 0 Å². The third-order valence-corrected chi connectivity index (χ3v) is 4.69. The summed E-state index contributed by atoms with van der Waals surface area (Å²) in [6, 6.07) is 13.9. The minimum atomic E-state index is -0.833. The number of carbonyl (C=O) groups is 2. The highest BCUT2D eigenvalue weighted by Crippen LogP contribution is 2.28. The van der Waals surface area contributed by atoms with Crippen LogP contribution in [0.1, 0.15) is 12.2 Å². The molecule has 2 aromatic carbocycles. The molecule has 5 nitrogen and oxygen atoms in total. The lowest BCUT2D eigenvalue weighted by Gasteiger charge is -2.14. The van der Waals surface area contributed by atoms with Gasteiger partial charge in [0.1, 0.15) is 11.3 Å². The number of aliphatic carboxylic acids is 1. The molecular weight excluding hydrogens is 306 g/mol. The number of fused-ring (bicyclic) bond motifs is 3. The molecule has 0 spiro atoms. The van der Waals surface area contributed by atoms with E-state index >= 15 is 0 Å². The molecule has 1 aliphatic rings. The largest absolute Gasteiger partial charge is 0.481 e. The van der Waals surface area contributed by atoms with Crippen molar-refractivity contribution in [1.29, 1.82) is 0 Å². The molecule has 2 heterocycles. The first kappa shape index (κ1) is 14.8. The maximum absolute atomic E-state index is 12.4. The van der Waals surface area contributed by atoms with Crippen molar-refractivity contribution in [3.8, 4) is 0 Å². The first-order valence-corrected chi connectivity index (χ1v) is 8.02. The standard InChI is InChI=1S/C19H17NO4/c21-18(20-8-7-13(11-20)19(22)23)10-14-9-16-15-4-2-1-3-12(15)5-6-17(16)24-14/h1-6,9,13H,7-8,10-11H2,(H,22,23). The predicted octanol–water partition coefficient (Wildman–Crippen LogP) is 3.06. The van der Waals surface area contributed by atoms with Gasteiger partial charge in [0.25, 0.3) is 0 Å². The van der Waals surface area contributed by atoms with Crippen molar-refractivity contribution >= 4 is 33.6 Å². The molecule has 0 radical (unpaired) electrons. The van der Waals surface area contributed by atoms with Crippen LogP contribution in [0.4, 0.5) is 0 Å². The lowest BCUT2D eigenvalue weighted by molar-refractivity contribution is -0.141. The fourth-order valence-electron chi connectivity index (χ4n) is 3.38. The summed E-state index contributed by atoms with van der Waals surface area (Å²) in [4.78, 5) is 25.0. The van der Waals surface area contributed by atoms with Crippen LogP contribution in [0.2, 0.25) is 0 Å². The highest BCUT2D eigenvalue weighted by atomic mass is 16.4. The van der Waals surface area contributed by atoms with Gasteiger partial charge in [0.15, 0.2) is 0 Å². The van der Waals surface area contributed by atoms with E-state index in [9.17, 15) is 9.59 Å². The van der Waals surface area contributed by atoms with Gasteiger partial charge >= 0.3 is 5.97 Å². The molecule has 5 heteroatoms. The van der Waals surface area contributed by atoms with Crippen molar-refractivity contribution in [2.75, 3.05) is 13.1 Å². The van der Waals surface area contributed by atoms with Crippen LogP contribution in [0.5, 0.6) is 0 Å². The van der Waals surface area contributed by atoms with Gasteiger partial charge in [0.05, 0.1) is 12.3 Å². The summed E-state index contributed by atoms with van der Waals surface area (Å²) in [5.74, 6) is -0.749. The Bertz CT molecular complexity index is 943. The zero-order valence-corrected chi connectivity index (χ0v) is 13.1. The summed E-state index contributed by atoms with van der Waals surface area (Å²) in [5.41, 5.74) is 0.765. The van der Waals surface area contributed by atoms with Gasteiger partial charge in [-0.15, -0.1) is 0 Å². The Kier molecular flexibility index (Phi) is 3.49. The molecule has 0 bridgehead atoms. The van der Waals surface area contributed by atoms with Crippen molar-refractivity contribution < 1.29 is 19.1 Å². The Hall–Kier alpha value is -2.82. The van der Waals surface area contributed by atoms with Crippen molar-refractivity contribution in [1.82, 2.24) is 4.90 Å². The Labute approximate surface area is 138 Å². The zero-order valence-electron chi connectivity index (χ0n) is 13.1. The highest BCUT2D eigenvalue weighted by molar-refractivity contribution is 6.06. The van der Waals surface area contributed by atoms with Gasteiger partial charge in [-0.3, -0.25) is 9.59 Å². The topological polar surface area (TPSA) is 70.8 Å². The number of carbonyl (C=O) groups excluding carboxylic acids is 1. The van der Waals surface area contributed by atoms with Gasteiger partial charge in [-0.1, -0.05) is 30.3 Å². The molecule has 1 aromatic heterocycles. The summed E-state index contributed by atoms with van der Waals surface area (Å²) in [7, 11) is 0.